The standard InChI is InChI=1S/C17H30O2/c1-13(2)8-7-9-14(3)10-11-17(5,6)16-18-12-15(4)19-16/h8,10,15-16H,7,9,11-12H2,1-6H3/b14-10+. The van der Waals surface area contributed by atoms with Gasteiger partial charge in [0, 0.05) is 5.41 Å². The van der Waals surface area contributed by atoms with Gasteiger partial charge >= 0.3 is 0 Å². The minimum absolute atomic E-state index is 0.0442. The first kappa shape index (κ1) is 16.5. The summed E-state index contributed by atoms with van der Waals surface area (Å²) in [6, 6.07) is 0. The van der Waals surface area contributed by atoms with Crippen molar-refractivity contribution in [1.29, 1.82) is 0 Å². The zero-order valence-corrected chi connectivity index (χ0v) is 13.5. The molecule has 2 atom stereocenters. The fourth-order valence-corrected chi connectivity index (χ4v) is 2.15. The van der Waals surface area contributed by atoms with Crippen molar-refractivity contribution in [2.45, 2.75) is 73.2 Å². The van der Waals surface area contributed by atoms with Gasteiger partial charge in [-0.2, -0.15) is 0 Å². The Hall–Kier alpha value is -0.600. The highest BCUT2D eigenvalue weighted by atomic mass is 16.7. The number of allylic oxidation sites excluding steroid dienone is 4. The summed E-state index contributed by atoms with van der Waals surface area (Å²) in [5, 5.41) is 0. The normalized spacial score (nSPS) is 24.6. The van der Waals surface area contributed by atoms with Crippen molar-refractivity contribution in [1.82, 2.24) is 0 Å². The molecule has 19 heavy (non-hydrogen) atoms. The summed E-state index contributed by atoms with van der Waals surface area (Å²) in [7, 11) is 0. The van der Waals surface area contributed by atoms with E-state index in [2.05, 4.69) is 53.7 Å². The van der Waals surface area contributed by atoms with Gasteiger partial charge in [0.15, 0.2) is 6.29 Å². The quantitative estimate of drug-likeness (QED) is 0.639. The van der Waals surface area contributed by atoms with Gasteiger partial charge in [0.25, 0.3) is 0 Å². The summed E-state index contributed by atoms with van der Waals surface area (Å²) >= 11 is 0. The van der Waals surface area contributed by atoms with Crippen LogP contribution in [0.1, 0.15) is 60.8 Å². The van der Waals surface area contributed by atoms with Crippen LogP contribution < -0.4 is 0 Å². The first-order chi connectivity index (χ1) is 8.81. The van der Waals surface area contributed by atoms with Gasteiger partial charge in [-0.05, 0) is 47.0 Å². The van der Waals surface area contributed by atoms with E-state index in [-0.39, 0.29) is 17.8 Å². The summed E-state index contributed by atoms with van der Waals surface area (Å²) < 4.78 is 11.5. The summed E-state index contributed by atoms with van der Waals surface area (Å²) in [5.41, 5.74) is 2.90. The van der Waals surface area contributed by atoms with E-state index in [4.69, 9.17) is 9.47 Å². The van der Waals surface area contributed by atoms with Crippen molar-refractivity contribution >= 4 is 0 Å². The maximum atomic E-state index is 5.81. The minimum atomic E-state index is -0.0654. The van der Waals surface area contributed by atoms with E-state index in [0.29, 0.717) is 0 Å². The van der Waals surface area contributed by atoms with E-state index in [9.17, 15) is 0 Å². The number of hydrogen-bond acceptors (Lipinski definition) is 2. The van der Waals surface area contributed by atoms with Crippen molar-refractivity contribution in [3.63, 3.8) is 0 Å². The summed E-state index contributed by atoms with van der Waals surface area (Å²) in [5.74, 6) is 0. The second-order valence-electron chi connectivity index (χ2n) is 6.68. The third kappa shape index (κ3) is 5.92. The molecule has 1 saturated heterocycles. The highest BCUT2D eigenvalue weighted by molar-refractivity contribution is 5.03. The lowest BCUT2D eigenvalue weighted by Gasteiger charge is -2.29. The molecular weight excluding hydrogens is 236 g/mol. The van der Waals surface area contributed by atoms with Crippen LogP contribution in [0.3, 0.4) is 0 Å². The number of rotatable bonds is 6. The molecule has 110 valence electrons. The Morgan fingerprint density at radius 2 is 1.89 bits per heavy atom. The van der Waals surface area contributed by atoms with Crippen LogP contribution in [0.2, 0.25) is 0 Å². The molecule has 0 spiro atoms. The van der Waals surface area contributed by atoms with Crippen LogP contribution in [0.15, 0.2) is 23.3 Å². The van der Waals surface area contributed by atoms with Crippen LogP contribution in [-0.2, 0) is 9.47 Å². The van der Waals surface area contributed by atoms with Crippen LogP contribution in [0.5, 0.6) is 0 Å². The van der Waals surface area contributed by atoms with Gasteiger partial charge in [0.05, 0.1) is 12.7 Å². The Morgan fingerprint density at radius 3 is 2.42 bits per heavy atom. The SMILES string of the molecule is CC(C)=CCC/C(C)=C/CC(C)(C)C1OCC(C)O1. The van der Waals surface area contributed by atoms with E-state index >= 15 is 0 Å². The maximum Gasteiger partial charge on any atom is 0.163 e. The number of ether oxygens (including phenoxy) is 2. The molecule has 1 rings (SSSR count). The van der Waals surface area contributed by atoms with E-state index in [1.165, 1.54) is 11.1 Å². The lowest BCUT2D eigenvalue weighted by molar-refractivity contribution is -0.127. The molecule has 0 amide bonds. The van der Waals surface area contributed by atoms with Crippen LogP contribution in [0.25, 0.3) is 0 Å². The molecule has 2 nitrogen and oxygen atoms in total. The first-order valence-electron chi connectivity index (χ1n) is 7.37. The molecule has 0 aliphatic carbocycles. The molecule has 1 aliphatic rings. The second-order valence-corrected chi connectivity index (χ2v) is 6.68. The fourth-order valence-electron chi connectivity index (χ4n) is 2.15. The predicted molar refractivity (Wildman–Crippen MR) is 81.1 cm³/mol. The molecular formula is C17H30O2. The van der Waals surface area contributed by atoms with E-state index < -0.39 is 0 Å². The molecule has 1 fully saturated rings. The highest BCUT2D eigenvalue weighted by Crippen LogP contribution is 2.33. The minimum Gasteiger partial charge on any atom is -0.349 e. The summed E-state index contributed by atoms with van der Waals surface area (Å²) in [6.07, 6.45) is 8.09. The molecule has 0 bridgehead atoms. The highest BCUT2D eigenvalue weighted by Gasteiger charge is 2.35. The molecule has 2 heteroatoms. The Bertz CT molecular complexity index is 335. The van der Waals surface area contributed by atoms with Gasteiger partial charge in [0.2, 0.25) is 0 Å². The molecule has 0 aromatic heterocycles. The molecule has 0 radical (unpaired) electrons. The van der Waals surface area contributed by atoms with E-state index in [1.807, 2.05) is 0 Å². The van der Waals surface area contributed by atoms with Gasteiger partial charge in [0.1, 0.15) is 0 Å². The van der Waals surface area contributed by atoms with E-state index in [1.54, 1.807) is 0 Å². The van der Waals surface area contributed by atoms with Gasteiger partial charge in [-0.15, -0.1) is 0 Å². The topological polar surface area (TPSA) is 18.5 Å². The zero-order valence-electron chi connectivity index (χ0n) is 13.5. The Morgan fingerprint density at radius 1 is 1.21 bits per heavy atom. The molecule has 1 heterocycles. The smallest absolute Gasteiger partial charge is 0.163 e. The maximum absolute atomic E-state index is 5.81. The van der Waals surface area contributed by atoms with Gasteiger partial charge in [-0.3, -0.25) is 0 Å². The second kappa shape index (κ2) is 7.25. The zero-order chi connectivity index (χ0) is 14.5. The largest absolute Gasteiger partial charge is 0.349 e. The van der Waals surface area contributed by atoms with Crippen LogP contribution >= 0.6 is 0 Å². The van der Waals surface area contributed by atoms with Crippen molar-refractivity contribution in [3.8, 4) is 0 Å². The van der Waals surface area contributed by atoms with Gasteiger partial charge < -0.3 is 9.47 Å². The average molecular weight is 266 g/mol. The average Bonchev–Trinajstić information content (AvgIpc) is 2.74. The Kier molecular flexibility index (Phi) is 6.28. The Balaban J connectivity index is 2.42. The van der Waals surface area contributed by atoms with Crippen molar-refractivity contribution in [2.75, 3.05) is 6.61 Å². The molecule has 0 saturated carbocycles. The lowest BCUT2D eigenvalue weighted by Crippen LogP contribution is -2.30. The fraction of sp³-hybridized carbons (Fsp3) is 0.765. The van der Waals surface area contributed by atoms with Crippen LogP contribution in [0, 0.1) is 5.41 Å². The number of hydrogen-bond donors (Lipinski definition) is 0. The Labute approximate surface area is 118 Å². The van der Waals surface area contributed by atoms with Crippen LogP contribution in [-0.4, -0.2) is 19.0 Å². The predicted octanol–water partition coefficient (Wildman–Crippen LogP) is 4.86. The molecule has 2 unspecified atom stereocenters. The summed E-state index contributed by atoms with van der Waals surface area (Å²) in [4.78, 5) is 0. The lowest BCUT2D eigenvalue weighted by atomic mass is 9.87. The van der Waals surface area contributed by atoms with Crippen molar-refractivity contribution < 1.29 is 9.47 Å². The third-order valence-electron chi connectivity index (χ3n) is 3.54. The first-order valence-corrected chi connectivity index (χ1v) is 7.37. The molecule has 0 aromatic carbocycles. The third-order valence-corrected chi connectivity index (χ3v) is 3.54. The molecule has 0 N–H and O–H groups in total. The van der Waals surface area contributed by atoms with Gasteiger partial charge in [-0.25, -0.2) is 0 Å². The molecule has 0 aromatic rings. The monoisotopic (exact) mass is 266 g/mol. The van der Waals surface area contributed by atoms with Crippen molar-refractivity contribution in [2.24, 2.45) is 5.41 Å². The van der Waals surface area contributed by atoms with Crippen molar-refractivity contribution in [3.05, 3.63) is 23.3 Å². The molecule has 1 aliphatic heterocycles. The van der Waals surface area contributed by atoms with E-state index in [0.717, 1.165) is 25.9 Å². The van der Waals surface area contributed by atoms with Crippen LogP contribution in [0.4, 0.5) is 0 Å². The van der Waals surface area contributed by atoms with Gasteiger partial charge in [-0.1, -0.05) is 37.1 Å². The summed E-state index contributed by atoms with van der Waals surface area (Å²) in [6.45, 7) is 13.7.